The molecule has 1 amide bonds. The maximum atomic E-state index is 15.2. The molecule has 5 nitrogen and oxygen atoms in total. The van der Waals surface area contributed by atoms with Gasteiger partial charge in [0, 0.05) is 5.56 Å². The standard InChI is InChI=1S/C30H40FNO4/c1-8-10-11-12-13-22-17-20(3)16-21(4)28(22)23-14-15-25(31)24(18-23)26(19-27(33)35-9-2)32-29(34)36-30(5,6)7/h8,14-18,26H,1,9-13,19H2,2-7H3,(H,32,34)/t26-/m0/s1. The number of halogens is 1. The Balaban J connectivity index is 2.50. The minimum Gasteiger partial charge on any atom is -0.466 e. The summed E-state index contributed by atoms with van der Waals surface area (Å²) >= 11 is 0. The average molecular weight is 498 g/mol. The van der Waals surface area contributed by atoms with Gasteiger partial charge in [0.1, 0.15) is 11.4 Å². The first-order valence-electron chi connectivity index (χ1n) is 12.6. The molecule has 0 heterocycles. The fourth-order valence-corrected chi connectivity index (χ4v) is 4.31. The van der Waals surface area contributed by atoms with Gasteiger partial charge in [0.15, 0.2) is 0 Å². The first kappa shape index (κ1) is 29.1. The summed E-state index contributed by atoms with van der Waals surface area (Å²) in [6, 6.07) is 8.20. The van der Waals surface area contributed by atoms with E-state index in [1.54, 1.807) is 39.8 Å². The molecule has 0 fully saturated rings. The average Bonchev–Trinajstić information content (AvgIpc) is 2.75. The van der Waals surface area contributed by atoms with Crippen LogP contribution in [0.2, 0.25) is 0 Å². The molecule has 0 aliphatic rings. The number of esters is 1. The van der Waals surface area contributed by atoms with Gasteiger partial charge in [-0.25, -0.2) is 9.18 Å². The molecule has 1 N–H and O–H groups in total. The first-order valence-corrected chi connectivity index (χ1v) is 12.6. The number of hydrogen-bond donors (Lipinski definition) is 1. The molecular formula is C30H40FNO4. The minimum atomic E-state index is -0.944. The smallest absolute Gasteiger partial charge is 0.408 e. The van der Waals surface area contributed by atoms with E-state index >= 15 is 4.39 Å². The first-order chi connectivity index (χ1) is 16.9. The van der Waals surface area contributed by atoms with E-state index in [0.29, 0.717) is 0 Å². The van der Waals surface area contributed by atoms with Gasteiger partial charge in [-0.15, -0.1) is 6.58 Å². The van der Waals surface area contributed by atoms with Gasteiger partial charge in [0.05, 0.1) is 19.1 Å². The molecule has 1 atom stereocenters. The van der Waals surface area contributed by atoms with Gasteiger partial charge in [0.25, 0.3) is 0 Å². The second-order valence-electron chi connectivity index (χ2n) is 10.1. The van der Waals surface area contributed by atoms with E-state index in [2.05, 4.69) is 31.0 Å². The topological polar surface area (TPSA) is 64.6 Å². The van der Waals surface area contributed by atoms with Crippen LogP contribution < -0.4 is 5.32 Å². The van der Waals surface area contributed by atoms with E-state index in [1.165, 1.54) is 17.2 Å². The van der Waals surface area contributed by atoms with Crippen molar-refractivity contribution in [1.29, 1.82) is 0 Å². The van der Waals surface area contributed by atoms with Crippen molar-refractivity contribution < 1.29 is 23.5 Å². The molecule has 196 valence electrons. The largest absolute Gasteiger partial charge is 0.466 e. The summed E-state index contributed by atoms with van der Waals surface area (Å²) in [6.45, 7) is 15.0. The highest BCUT2D eigenvalue weighted by atomic mass is 19.1. The minimum absolute atomic E-state index is 0.193. The van der Waals surface area contributed by atoms with E-state index in [0.717, 1.165) is 42.4 Å². The van der Waals surface area contributed by atoms with E-state index in [1.807, 2.05) is 13.0 Å². The van der Waals surface area contributed by atoms with Crippen molar-refractivity contribution in [2.75, 3.05) is 6.61 Å². The van der Waals surface area contributed by atoms with Gasteiger partial charge in [-0.2, -0.15) is 0 Å². The van der Waals surface area contributed by atoms with Gasteiger partial charge >= 0.3 is 12.1 Å². The number of aryl methyl sites for hydroxylation is 3. The summed E-state index contributed by atoms with van der Waals surface area (Å²) in [5.74, 6) is -1.04. The molecule has 0 aromatic heterocycles. The van der Waals surface area contributed by atoms with E-state index in [4.69, 9.17) is 9.47 Å². The Bertz CT molecular complexity index is 1070. The third kappa shape index (κ3) is 8.81. The number of benzene rings is 2. The zero-order valence-electron chi connectivity index (χ0n) is 22.5. The number of alkyl carbamates (subject to hydrolysis) is 1. The number of allylic oxidation sites excluding steroid dienone is 1. The molecule has 0 unspecified atom stereocenters. The van der Waals surface area contributed by atoms with Crippen LogP contribution in [0.1, 0.15) is 81.7 Å². The Kier molecular flexibility index (Phi) is 10.7. The second kappa shape index (κ2) is 13.2. The van der Waals surface area contributed by atoms with Gasteiger partial charge < -0.3 is 14.8 Å². The SMILES string of the molecule is C=CCCCCc1cc(C)cc(C)c1-c1ccc(F)c([C@H](CC(=O)OCC)NC(=O)OC(C)(C)C)c1. The summed E-state index contributed by atoms with van der Waals surface area (Å²) in [5.41, 5.74) is 4.81. The summed E-state index contributed by atoms with van der Waals surface area (Å²) < 4.78 is 25.6. The Morgan fingerprint density at radius 3 is 2.50 bits per heavy atom. The number of carbonyl (C=O) groups is 2. The monoisotopic (exact) mass is 497 g/mol. The highest BCUT2D eigenvalue weighted by molar-refractivity contribution is 5.75. The summed E-state index contributed by atoms with van der Waals surface area (Å²) in [7, 11) is 0. The molecule has 0 saturated heterocycles. The number of ether oxygens (including phenoxy) is 2. The van der Waals surface area contributed by atoms with Gasteiger partial charge in [-0.3, -0.25) is 4.79 Å². The zero-order chi connectivity index (χ0) is 26.9. The Hall–Kier alpha value is -3.15. The summed E-state index contributed by atoms with van der Waals surface area (Å²) in [6.07, 6.45) is 4.90. The lowest BCUT2D eigenvalue weighted by atomic mass is 9.88. The Morgan fingerprint density at radius 1 is 1.14 bits per heavy atom. The number of hydrogen-bond acceptors (Lipinski definition) is 4. The second-order valence-corrected chi connectivity index (χ2v) is 10.1. The van der Waals surface area contributed by atoms with Crippen molar-refractivity contribution in [3.05, 3.63) is 71.1 Å². The normalized spacial score (nSPS) is 12.1. The lowest BCUT2D eigenvalue weighted by Gasteiger charge is -2.24. The van der Waals surface area contributed by atoms with E-state index in [-0.39, 0.29) is 18.6 Å². The fraction of sp³-hybridized carbons (Fsp3) is 0.467. The number of nitrogens with one attached hydrogen (secondary N) is 1. The molecule has 0 bridgehead atoms. The zero-order valence-corrected chi connectivity index (χ0v) is 22.5. The molecule has 6 heteroatoms. The third-order valence-electron chi connectivity index (χ3n) is 5.69. The van der Waals surface area contributed by atoms with E-state index < -0.39 is 29.5 Å². The molecule has 36 heavy (non-hydrogen) atoms. The number of unbranched alkanes of at least 4 members (excludes halogenated alkanes) is 2. The number of carbonyl (C=O) groups excluding carboxylic acids is 2. The van der Waals surface area contributed by atoms with Crippen LogP contribution in [0, 0.1) is 19.7 Å². The number of amides is 1. The molecule has 2 aromatic rings. The van der Waals surface area contributed by atoms with Gasteiger partial charge in [0.2, 0.25) is 0 Å². The van der Waals surface area contributed by atoms with Gasteiger partial charge in [-0.1, -0.05) is 29.8 Å². The Labute approximate surface area is 215 Å². The molecule has 0 aliphatic heterocycles. The van der Waals surface area contributed by atoms with Crippen LogP contribution in [-0.4, -0.2) is 24.3 Å². The van der Waals surface area contributed by atoms with Gasteiger partial charge in [-0.05, 0) is 102 Å². The van der Waals surface area contributed by atoms with Crippen molar-refractivity contribution in [2.24, 2.45) is 0 Å². The molecule has 0 radical (unpaired) electrons. The maximum Gasteiger partial charge on any atom is 0.408 e. The molecular weight excluding hydrogens is 457 g/mol. The molecule has 0 saturated carbocycles. The van der Waals surface area contributed by atoms with E-state index in [9.17, 15) is 9.59 Å². The van der Waals surface area contributed by atoms with Crippen molar-refractivity contribution in [3.8, 4) is 11.1 Å². The van der Waals surface area contributed by atoms with Crippen LogP contribution in [0.5, 0.6) is 0 Å². The summed E-state index contributed by atoms with van der Waals surface area (Å²) in [5, 5.41) is 2.67. The Morgan fingerprint density at radius 2 is 1.86 bits per heavy atom. The molecule has 2 aromatic carbocycles. The lowest BCUT2D eigenvalue weighted by molar-refractivity contribution is -0.143. The van der Waals surface area contributed by atoms with Crippen LogP contribution in [0.25, 0.3) is 11.1 Å². The third-order valence-corrected chi connectivity index (χ3v) is 5.69. The highest BCUT2D eigenvalue weighted by Gasteiger charge is 2.26. The molecule has 2 rings (SSSR count). The lowest BCUT2D eigenvalue weighted by Crippen LogP contribution is -2.36. The highest BCUT2D eigenvalue weighted by Crippen LogP contribution is 2.33. The van der Waals surface area contributed by atoms with Crippen LogP contribution in [0.3, 0.4) is 0 Å². The fourth-order valence-electron chi connectivity index (χ4n) is 4.31. The maximum absolute atomic E-state index is 15.2. The van der Waals surface area contributed by atoms with Crippen molar-refractivity contribution in [2.45, 2.75) is 85.3 Å². The predicted octanol–water partition coefficient (Wildman–Crippen LogP) is 7.53. The quantitative estimate of drug-likeness (QED) is 0.198. The van der Waals surface area contributed by atoms with Crippen molar-refractivity contribution >= 4 is 12.1 Å². The van der Waals surface area contributed by atoms with Crippen LogP contribution in [0.4, 0.5) is 9.18 Å². The van der Waals surface area contributed by atoms with Crippen molar-refractivity contribution in [1.82, 2.24) is 5.32 Å². The number of rotatable bonds is 11. The molecule has 0 spiro atoms. The van der Waals surface area contributed by atoms with Crippen molar-refractivity contribution in [3.63, 3.8) is 0 Å². The predicted molar refractivity (Wildman–Crippen MR) is 142 cm³/mol. The molecule has 0 aliphatic carbocycles. The van der Waals surface area contributed by atoms with Crippen LogP contribution >= 0.6 is 0 Å². The van der Waals surface area contributed by atoms with Crippen LogP contribution in [-0.2, 0) is 20.7 Å². The van der Waals surface area contributed by atoms with Crippen LogP contribution in [0.15, 0.2) is 43.0 Å². The summed E-state index contributed by atoms with van der Waals surface area (Å²) in [4.78, 5) is 24.9.